The Morgan fingerprint density at radius 2 is 1.74 bits per heavy atom. The van der Waals surface area contributed by atoms with Gasteiger partial charge in [0, 0.05) is 21.5 Å². The van der Waals surface area contributed by atoms with Gasteiger partial charge in [-0.3, -0.25) is 4.79 Å². The molecule has 1 amide bonds. The Hall–Kier alpha value is -3.06. The highest BCUT2D eigenvalue weighted by Crippen LogP contribution is 2.30. The summed E-state index contributed by atoms with van der Waals surface area (Å²) in [4.78, 5) is 16.7. The smallest absolute Gasteiger partial charge is 0.416 e. The lowest BCUT2D eigenvalue weighted by molar-refractivity contribution is -0.137. The lowest BCUT2D eigenvalue weighted by Gasteiger charge is -2.07. The van der Waals surface area contributed by atoms with Crippen molar-refractivity contribution in [3.8, 4) is 0 Å². The van der Waals surface area contributed by atoms with Crippen LogP contribution >= 0.6 is 11.6 Å². The first-order valence-corrected chi connectivity index (χ1v) is 8.16. The monoisotopic (exact) mass is 390 g/mol. The first-order chi connectivity index (χ1) is 12.8. The Morgan fingerprint density at radius 3 is 2.44 bits per heavy atom. The van der Waals surface area contributed by atoms with E-state index < -0.39 is 17.6 Å². The molecule has 0 saturated carbocycles. The molecule has 27 heavy (non-hydrogen) atoms. The van der Waals surface area contributed by atoms with E-state index in [9.17, 15) is 18.0 Å². The van der Waals surface area contributed by atoms with Crippen molar-refractivity contribution in [2.24, 2.45) is 0 Å². The molecule has 2 aromatic heterocycles. The van der Waals surface area contributed by atoms with E-state index in [0.29, 0.717) is 15.9 Å². The molecule has 4 nitrogen and oxygen atoms in total. The molecule has 0 aliphatic heterocycles. The zero-order valence-electron chi connectivity index (χ0n) is 13.5. The minimum atomic E-state index is -4.43. The van der Waals surface area contributed by atoms with Gasteiger partial charge in [-0.15, -0.1) is 0 Å². The molecule has 2 aromatic carbocycles. The lowest BCUT2D eigenvalue weighted by Crippen LogP contribution is -2.11. The number of anilines is 1. The highest BCUT2D eigenvalue weighted by atomic mass is 35.5. The van der Waals surface area contributed by atoms with Crippen LogP contribution in [-0.4, -0.2) is 10.9 Å². The third kappa shape index (κ3) is 3.46. The molecule has 2 heterocycles. The number of halogens is 4. The average Bonchev–Trinajstić information content (AvgIpc) is 3.02. The van der Waals surface area contributed by atoms with Crippen LogP contribution in [-0.2, 0) is 6.18 Å². The molecule has 136 valence electrons. The van der Waals surface area contributed by atoms with Crippen LogP contribution in [0.15, 0.2) is 59.0 Å². The summed E-state index contributed by atoms with van der Waals surface area (Å²) in [5.41, 5.74) is 0.318. The molecule has 1 N–H and O–H groups in total. The van der Waals surface area contributed by atoms with Gasteiger partial charge in [-0.25, -0.2) is 4.98 Å². The van der Waals surface area contributed by atoms with E-state index in [1.54, 1.807) is 18.2 Å². The topological polar surface area (TPSA) is 55.1 Å². The van der Waals surface area contributed by atoms with E-state index in [4.69, 9.17) is 16.0 Å². The zero-order chi connectivity index (χ0) is 19.2. The van der Waals surface area contributed by atoms with Crippen LogP contribution in [0, 0.1) is 0 Å². The maximum absolute atomic E-state index is 12.6. The number of amides is 1. The molecule has 0 atom stereocenters. The van der Waals surface area contributed by atoms with E-state index in [-0.39, 0.29) is 17.2 Å². The van der Waals surface area contributed by atoms with Gasteiger partial charge in [0.2, 0.25) is 5.71 Å². The van der Waals surface area contributed by atoms with Crippen molar-refractivity contribution in [1.29, 1.82) is 0 Å². The second-order valence-electron chi connectivity index (χ2n) is 5.86. The number of carbonyl (C=O) groups excluding carboxylic acids is 1. The van der Waals surface area contributed by atoms with Gasteiger partial charge < -0.3 is 9.73 Å². The molecule has 0 aliphatic carbocycles. The zero-order valence-corrected chi connectivity index (χ0v) is 14.2. The van der Waals surface area contributed by atoms with Gasteiger partial charge in [-0.05, 0) is 48.5 Å². The number of pyridine rings is 1. The standard InChI is InChI=1S/C19H10ClF3N2O2/c20-13-4-1-10-7-11-8-16(27-18(11)25-15(10)9-13)17(26)24-14-5-2-12(3-6-14)19(21,22)23/h1-9H,(H,24,26). The first-order valence-electron chi connectivity index (χ1n) is 7.78. The highest BCUT2D eigenvalue weighted by molar-refractivity contribution is 6.31. The number of hydrogen-bond donors (Lipinski definition) is 1. The van der Waals surface area contributed by atoms with Crippen molar-refractivity contribution in [2.75, 3.05) is 5.32 Å². The largest absolute Gasteiger partial charge is 0.433 e. The minimum absolute atomic E-state index is 0.00111. The van der Waals surface area contributed by atoms with Gasteiger partial charge in [0.25, 0.3) is 5.91 Å². The van der Waals surface area contributed by atoms with Crippen molar-refractivity contribution < 1.29 is 22.4 Å². The normalized spacial score (nSPS) is 11.9. The van der Waals surface area contributed by atoms with Crippen LogP contribution in [0.2, 0.25) is 5.02 Å². The number of alkyl halides is 3. The van der Waals surface area contributed by atoms with Gasteiger partial charge in [-0.2, -0.15) is 13.2 Å². The van der Waals surface area contributed by atoms with E-state index in [0.717, 1.165) is 17.5 Å². The predicted molar refractivity (Wildman–Crippen MR) is 95.9 cm³/mol. The van der Waals surface area contributed by atoms with Gasteiger partial charge in [0.15, 0.2) is 5.76 Å². The molecule has 4 rings (SSSR count). The third-order valence-electron chi connectivity index (χ3n) is 3.96. The summed E-state index contributed by atoms with van der Waals surface area (Å²) in [6, 6.07) is 12.7. The maximum atomic E-state index is 12.6. The molecule has 0 fully saturated rings. The number of aromatic nitrogens is 1. The molecule has 4 aromatic rings. The molecule has 0 bridgehead atoms. The number of benzene rings is 2. The van der Waals surface area contributed by atoms with Crippen LogP contribution in [0.25, 0.3) is 22.0 Å². The van der Waals surface area contributed by atoms with Crippen LogP contribution in [0.1, 0.15) is 16.1 Å². The van der Waals surface area contributed by atoms with Crippen molar-refractivity contribution >= 4 is 45.2 Å². The average molecular weight is 391 g/mol. The molecule has 0 radical (unpaired) electrons. The van der Waals surface area contributed by atoms with Gasteiger partial charge in [0.05, 0.1) is 11.1 Å². The summed E-state index contributed by atoms with van der Waals surface area (Å²) < 4.78 is 43.3. The van der Waals surface area contributed by atoms with Crippen molar-refractivity contribution in [3.63, 3.8) is 0 Å². The van der Waals surface area contributed by atoms with Gasteiger partial charge in [-0.1, -0.05) is 17.7 Å². The Bertz CT molecular complexity index is 1170. The Kier molecular flexibility index (Phi) is 4.04. The third-order valence-corrected chi connectivity index (χ3v) is 4.19. The van der Waals surface area contributed by atoms with E-state index >= 15 is 0 Å². The second-order valence-corrected chi connectivity index (χ2v) is 6.30. The highest BCUT2D eigenvalue weighted by Gasteiger charge is 2.30. The maximum Gasteiger partial charge on any atom is 0.416 e. The van der Waals surface area contributed by atoms with Crippen molar-refractivity contribution in [3.05, 3.63) is 70.9 Å². The van der Waals surface area contributed by atoms with E-state index in [1.165, 1.54) is 18.2 Å². The fraction of sp³-hybridized carbons (Fsp3) is 0.0526. The molecule has 8 heteroatoms. The van der Waals surface area contributed by atoms with Crippen LogP contribution in [0.4, 0.5) is 18.9 Å². The van der Waals surface area contributed by atoms with Crippen molar-refractivity contribution in [1.82, 2.24) is 4.98 Å². The summed E-state index contributed by atoms with van der Waals surface area (Å²) in [6.07, 6.45) is -4.43. The number of nitrogens with zero attached hydrogens (tertiary/aromatic N) is 1. The van der Waals surface area contributed by atoms with E-state index in [1.807, 2.05) is 6.07 Å². The van der Waals surface area contributed by atoms with Crippen LogP contribution < -0.4 is 5.32 Å². The van der Waals surface area contributed by atoms with Crippen LogP contribution in [0.3, 0.4) is 0 Å². The Balaban J connectivity index is 1.61. The first kappa shape index (κ1) is 17.4. The number of nitrogens with one attached hydrogen (secondary N) is 1. The van der Waals surface area contributed by atoms with Gasteiger partial charge in [0.1, 0.15) is 0 Å². The number of fused-ring (bicyclic) bond motifs is 2. The molecule has 0 unspecified atom stereocenters. The molecular formula is C19H10ClF3N2O2. The molecule has 0 saturated heterocycles. The minimum Gasteiger partial charge on any atom is -0.433 e. The lowest BCUT2D eigenvalue weighted by atomic mass is 10.2. The fourth-order valence-corrected chi connectivity index (χ4v) is 2.81. The molecular weight excluding hydrogens is 381 g/mol. The Labute approximate surface area is 155 Å². The summed E-state index contributed by atoms with van der Waals surface area (Å²) >= 11 is 5.95. The molecule has 0 aliphatic rings. The number of carbonyl (C=O) groups is 1. The summed E-state index contributed by atoms with van der Waals surface area (Å²) in [5, 5.41) is 4.49. The SMILES string of the molecule is O=C(Nc1ccc(C(F)(F)F)cc1)c1cc2cc3ccc(Cl)cc3nc2o1. The molecule has 0 spiro atoms. The van der Waals surface area contributed by atoms with Crippen molar-refractivity contribution in [2.45, 2.75) is 6.18 Å². The van der Waals surface area contributed by atoms with Gasteiger partial charge >= 0.3 is 6.18 Å². The Morgan fingerprint density at radius 1 is 1.00 bits per heavy atom. The van der Waals surface area contributed by atoms with Crippen LogP contribution in [0.5, 0.6) is 0 Å². The summed E-state index contributed by atoms with van der Waals surface area (Å²) in [5.74, 6) is -0.589. The summed E-state index contributed by atoms with van der Waals surface area (Å²) in [6.45, 7) is 0. The predicted octanol–water partition coefficient (Wildman–Crippen LogP) is 5.91. The second kappa shape index (κ2) is 6.28. The fourth-order valence-electron chi connectivity index (χ4n) is 2.65. The quantitative estimate of drug-likeness (QED) is 0.463. The number of rotatable bonds is 2. The number of hydrogen-bond acceptors (Lipinski definition) is 3. The van der Waals surface area contributed by atoms with E-state index in [2.05, 4.69) is 10.3 Å². The summed E-state index contributed by atoms with van der Waals surface area (Å²) in [7, 11) is 0. The number of furan rings is 1.